The first-order valence-corrected chi connectivity index (χ1v) is 17.2. The Labute approximate surface area is 291 Å². The number of anilines is 1. The van der Waals surface area contributed by atoms with Crippen LogP contribution in [0.1, 0.15) is 76.9 Å². The van der Waals surface area contributed by atoms with Crippen LogP contribution in [0.4, 0.5) is 10.5 Å². The lowest BCUT2D eigenvalue weighted by molar-refractivity contribution is -0.754. The SMILES string of the molecule is COC(=O)CCCc1c[n+](CCOCCC(=O)NCC(C)(CNC(=O)OC(C)(C)C)CNc2cc[nH]c(=O)c2-c2nc3c([nH]2)CCCC3)[nH]n1. The zero-order valence-electron chi connectivity index (χ0n) is 29.8. The van der Waals surface area contributed by atoms with Crippen LogP contribution in [0.2, 0.25) is 0 Å². The molecule has 0 saturated heterocycles. The molecule has 1 unspecified atom stereocenters. The monoisotopic (exact) mass is 698 g/mol. The molecule has 1 atom stereocenters. The van der Waals surface area contributed by atoms with E-state index in [0.29, 0.717) is 56.0 Å². The Morgan fingerprint density at radius 2 is 1.80 bits per heavy atom. The number of ether oxygens (including phenoxy) is 3. The smallest absolute Gasteiger partial charge is 0.407 e. The number of nitrogens with zero attached hydrogens (tertiary/aromatic N) is 3. The Balaban J connectivity index is 1.30. The van der Waals surface area contributed by atoms with E-state index in [9.17, 15) is 19.2 Å². The number of methoxy groups -OCH3 is 1. The summed E-state index contributed by atoms with van der Waals surface area (Å²) in [5, 5.41) is 16.3. The number of rotatable bonds is 18. The molecule has 0 radical (unpaired) electrons. The zero-order valence-corrected chi connectivity index (χ0v) is 29.8. The lowest BCUT2D eigenvalue weighted by Crippen LogP contribution is -2.48. The fourth-order valence-electron chi connectivity index (χ4n) is 5.48. The average molecular weight is 699 g/mol. The van der Waals surface area contributed by atoms with Gasteiger partial charge in [0, 0.05) is 61.3 Å². The van der Waals surface area contributed by atoms with Gasteiger partial charge in [0.15, 0.2) is 6.20 Å². The van der Waals surface area contributed by atoms with E-state index in [1.807, 2.05) is 13.1 Å². The molecule has 2 amide bonds. The molecule has 16 nitrogen and oxygen atoms in total. The standard InChI is InChI=1S/C34H51N9O7/c1-33(2,3)50-32(47)38-22-34(4,20-36-26-13-15-35-31(46)29(26)30-39-24-10-6-7-11-25(24)40-30)21-37-27(44)14-17-49-18-16-43-19-23(41-42-43)9-8-12-28(45)48-5/h13,15,19H,6-12,14,16-18,20-22H2,1-5H3,(H5,35,36,37,38,39,40,41,42,44,46,47)/p+1. The molecule has 0 aromatic carbocycles. The van der Waals surface area contributed by atoms with Crippen molar-refractivity contribution in [2.24, 2.45) is 5.41 Å². The number of carbonyl (C=O) groups excluding carboxylic acids is 3. The minimum atomic E-state index is -0.679. The normalized spacial score (nSPS) is 13.9. The van der Waals surface area contributed by atoms with Crippen LogP contribution in [0, 0.1) is 5.41 Å². The van der Waals surface area contributed by atoms with Gasteiger partial charge < -0.3 is 40.1 Å². The third-order valence-corrected chi connectivity index (χ3v) is 8.25. The highest BCUT2D eigenvalue weighted by atomic mass is 16.6. The van der Waals surface area contributed by atoms with Crippen LogP contribution in [0.5, 0.6) is 0 Å². The van der Waals surface area contributed by atoms with E-state index in [-0.39, 0.29) is 43.6 Å². The largest absolute Gasteiger partial charge is 0.469 e. The molecular weight excluding hydrogens is 646 g/mol. The lowest BCUT2D eigenvalue weighted by atomic mass is 9.90. The average Bonchev–Trinajstić information content (AvgIpc) is 3.71. The van der Waals surface area contributed by atoms with Gasteiger partial charge in [0.05, 0.1) is 31.7 Å². The van der Waals surface area contributed by atoms with Crippen LogP contribution >= 0.6 is 0 Å². The summed E-state index contributed by atoms with van der Waals surface area (Å²) in [6.07, 6.45) is 8.60. The Morgan fingerprint density at radius 3 is 2.56 bits per heavy atom. The number of H-pyrrole nitrogens is 3. The van der Waals surface area contributed by atoms with Crippen molar-refractivity contribution in [1.29, 1.82) is 0 Å². The number of aryl methyl sites for hydroxylation is 3. The quantitative estimate of drug-likeness (QED) is 0.0649. The summed E-state index contributed by atoms with van der Waals surface area (Å²) in [4.78, 5) is 60.5. The summed E-state index contributed by atoms with van der Waals surface area (Å²) in [5.41, 5.74) is 2.28. The van der Waals surface area contributed by atoms with E-state index in [2.05, 4.69) is 41.0 Å². The zero-order chi connectivity index (χ0) is 36.1. The first-order chi connectivity index (χ1) is 23.8. The first kappa shape index (κ1) is 38.1. The van der Waals surface area contributed by atoms with Gasteiger partial charge in [-0.25, -0.2) is 9.78 Å². The maximum absolute atomic E-state index is 13.0. The Morgan fingerprint density at radius 1 is 1.02 bits per heavy atom. The molecule has 50 heavy (non-hydrogen) atoms. The maximum Gasteiger partial charge on any atom is 0.407 e. The number of aromatic amines is 3. The summed E-state index contributed by atoms with van der Waals surface area (Å²) < 4.78 is 17.6. The van der Waals surface area contributed by atoms with E-state index in [0.717, 1.165) is 42.8 Å². The molecule has 6 N–H and O–H groups in total. The third kappa shape index (κ3) is 12.0. The highest BCUT2D eigenvalue weighted by Crippen LogP contribution is 2.27. The van der Waals surface area contributed by atoms with Gasteiger partial charge in [-0.05, 0) is 58.9 Å². The fraction of sp³-hybridized carbons (Fsp3) is 0.618. The molecule has 4 rings (SSSR count). The number of fused-ring (bicyclic) bond motifs is 1. The second-order valence-corrected chi connectivity index (χ2v) is 13.9. The Hall–Kier alpha value is -4.73. The molecule has 3 aromatic heterocycles. The predicted molar refractivity (Wildman–Crippen MR) is 184 cm³/mol. The highest BCUT2D eigenvalue weighted by Gasteiger charge is 2.28. The van der Waals surface area contributed by atoms with E-state index in [4.69, 9.17) is 14.5 Å². The van der Waals surface area contributed by atoms with Gasteiger partial charge >= 0.3 is 12.1 Å². The van der Waals surface area contributed by atoms with Crippen molar-refractivity contribution >= 4 is 23.7 Å². The topological polar surface area (TPSA) is 209 Å². The van der Waals surface area contributed by atoms with Crippen LogP contribution in [0.25, 0.3) is 11.4 Å². The number of hydrogen-bond donors (Lipinski definition) is 6. The van der Waals surface area contributed by atoms with Gasteiger partial charge in [-0.15, -0.1) is 0 Å². The number of amides is 2. The molecule has 0 fully saturated rings. The summed E-state index contributed by atoms with van der Waals surface area (Å²) >= 11 is 0. The third-order valence-electron chi connectivity index (χ3n) is 8.25. The van der Waals surface area contributed by atoms with Gasteiger partial charge in [-0.3, -0.25) is 14.4 Å². The molecule has 0 bridgehead atoms. The van der Waals surface area contributed by atoms with E-state index < -0.39 is 17.1 Å². The van der Waals surface area contributed by atoms with Gasteiger partial charge in [-0.1, -0.05) is 12.1 Å². The number of aromatic nitrogens is 6. The summed E-state index contributed by atoms with van der Waals surface area (Å²) in [6, 6.07) is 1.78. The summed E-state index contributed by atoms with van der Waals surface area (Å²) in [7, 11) is 1.37. The second kappa shape index (κ2) is 17.8. The highest BCUT2D eigenvalue weighted by molar-refractivity contribution is 5.76. The van der Waals surface area contributed by atoms with Gasteiger partial charge in [0.1, 0.15) is 23.5 Å². The second-order valence-electron chi connectivity index (χ2n) is 13.9. The molecule has 0 saturated carbocycles. The van der Waals surface area contributed by atoms with E-state index >= 15 is 0 Å². The van der Waals surface area contributed by atoms with Crippen LogP contribution < -0.4 is 26.2 Å². The van der Waals surface area contributed by atoms with Crippen LogP contribution in [-0.2, 0) is 49.6 Å². The molecule has 274 valence electrons. The number of alkyl carbamates (subject to hydrolysis) is 1. The van der Waals surface area contributed by atoms with Gasteiger partial charge in [0.2, 0.25) is 11.6 Å². The maximum atomic E-state index is 13.0. The van der Waals surface area contributed by atoms with Crippen molar-refractivity contribution in [2.45, 2.75) is 91.2 Å². The molecule has 3 aromatic rings. The number of hydrogen-bond acceptors (Lipinski definition) is 10. The van der Waals surface area contributed by atoms with Gasteiger partial charge in [-0.2, -0.15) is 4.68 Å². The van der Waals surface area contributed by atoms with Crippen LogP contribution in [-0.4, -0.2) is 88.8 Å². The van der Waals surface area contributed by atoms with Crippen molar-refractivity contribution in [3.8, 4) is 11.4 Å². The minimum Gasteiger partial charge on any atom is -0.469 e. The molecule has 16 heteroatoms. The number of esters is 1. The van der Waals surface area contributed by atoms with E-state index in [1.54, 1.807) is 37.7 Å². The van der Waals surface area contributed by atoms with Gasteiger partial charge in [0.25, 0.3) is 5.56 Å². The number of imidazole rings is 1. The molecule has 1 aliphatic rings. The first-order valence-electron chi connectivity index (χ1n) is 17.2. The Bertz CT molecular complexity index is 1620. The molecule has 3 heterocycles. The number of nitrogens with one attached hydrogen (secondary N) is 6. The number of pyridine rings is 1. The van der Waals surface area contributed by atoms with Crippen molar-refractivity contribution in [1.82, 2.24) is 35.9 Å². The molecular formula is C34H52N9O7+. The number of carbonyl (C=O) groups is 3. The molecule has 0 aliphatic heterocycles. The van der Waals surface area contributed by atoms with Crippen molar-refractivity contribution in [3.05, 3.63) is 45.9 Å². The van der Waals surface area contributed by atoms with E-state index in [1.165, 1.54) is 7.11 Å². The Kier molecular flexibility index (Phi) is 13.5. The minimum absolute atomic E-state index is 0.150. The van der Waals surface area contributed by atoms with Crippen molar-refractivity contribution in [2.75, 3.05) is 45.3 Å². The van der Waals surface area contributed by atoms with Crippen LogP contribution in [0.15, 0.2) is 23.3 Å². The summed E-state index contributed by atoms with van der Waals surface area (Å²) in [6.45, 7) is 9.14. The molecule has 0 spiro atoms. The molecule has 1 aliphatic carbocycles. The summed E-state index contributed by atoms with van der Waals surface area (Å²) in [5.74, 6) is 0.0746. The van der Waals surface area contributed by atoms with Crippen molar-refractivity contribution < 1.29 is 33.3 Å². The predicted octanol–water partition coefficient (Wildman–Crippen LogP) is 2.32. The lowest BCUT2D eigenvalue weighted by Gasteiger charge is -2.31. The van der Waals surface area contributed by atoms with Crippen molar-refractivity contribution in [3.63, 3.8) is 0 Å². The van der Waals surface area contributed by atoms with Crippen LogP contribution in [0.3, 0.4) is 0 Å². The fourth-order valence-corrected chi connectivity index (χ4v) is 5.48.